The highest BCUT2D eigenvalue weighted by Gasteiger charge is 2.35. The number of amides is 2. The first-order chi connectivity index (χ1) is 28.1. The second kappa shape index (κ2) is 16.0. The van der Waals surface area contributed by atoms with Gasteiger partial charge in [0.05, 0.1) is 39.4 Å². The predicted molar refractivity (Wildman–Crippen MR) is 221 cm³/mol. The Morgan fingerprint density at radius 1 is 0.483 bits per heavy atom. The standard InChI is InChI=1S/C44H30Cl2N8O4/c1-27-37(41(55)35-25-52(32-21-17-28(45)18-22-32)49-38(35)43(57)47-30-11-5-2-6-12-30)40(51-54(27)34-15-9-4-10-16-34)42(56)36-26-53(33-23-19-29(46)20-24-33)50-39(36)44(58)48-31-13-7-3-8-14-31/h2-26H,1H3,(H,47,57)(H,48,58). The second-order valence-electron chi connectivity index (χ2n) is 13.0. The van der Waals surface area contributed by atoms with Crippen molar-refractivity contribution in [3.05, 3.63) is 201 Å². The number of ketones is 2. The number of rotatable bonds is 11. The Labute approximate surface area is 341 Å². The number of halogens is 2. The Morgan fingerprint density at radius 2 is 0.897 bits per heavy atom. The van der Waals surface area contributed by atoms with Crippen LogP contribution in [0.4, 0.5) is 11.4 Å². The summed E-state index contributed by atoms with van der Waals surface area (Å²) in [6, 6.07) is 39.8. The molecule has 3 heterocycles. The zero-order chi connectivity index (χ0) is 40.3. The summed E-state index contributed by atoms with van der Waals surface area (Å²) < 4.78 is 4.25. The molecular weight excluding hydrogens is 775 g/mol. The number of nitrogens with one attached hydrogen (secondary N) is 2. The van der Waals surface area contributed by atoms with Gasteiger partial charge in [-0.25, -0.2) is 14.0 Å². The van der Waals surface area contributed by atoms with Crippen molar-refractivity contribution in [2.24, 2.45) is 0 Å². The Balaban J connectivity index is 1.29. The lowest BCUT2D eigenvalue weighted by Gasteiger charge is -2.07. The molecule has 14 heteroatoms. The third-order valence-corrected chi connectivity index (χ3v) is 9.66. The molecule has 0 radical (unpaired) electrons. The smallest absolute Gasteiger partial charge is 0.276 e. The zero-order valence-corrected chi connectivity index (χ0v) is 32.0. The van der Waals surface area contributed by atoms with Crippen LogP contribution in [0.5, 0.6) is 0 Å². The van der Waals surface area contributed by atoms with Crippen molar-refractivity contribution in [1.82, 2.24) is 29.3 Å². The van der Waals surface area contributed by atoms with E-state index >= 15 is 4.79 Å². The van der Waals surface area contributed by atoms with Crippen molar-refractivity contribution in [3.63, 3.8) is 0 Å². The zero-order valence-electron chi connectivity index (χ0n) is 30.5. The van der Waals surface area contributed by atoms with E-state index in [-0.39, 0.29) is 33.8 Å². The summed E-state index contributed by atoms with van der Waals surface area (Å²) >= 11 is 12.3. The molecule has 0 fully saturated rings. The van der Waals surface area contributed by atoms with Gasteiger partial charge in [0, 0.05) is 33.8 Å². The van der Waals surface area contributed by atoms with Gasteiger partial charge in [-0.05, 0) is 91.9 Å². The van der Waals surface area contributed by atoms with Crippen LogP contribution >= 0.6 is 23.2 Å². The van der Waals surface area contributed by atoms with Gasteiger partial charge in [0.15, 0.2) is 11.4 Å². The topological polar surface area (TPSA) is 146 Å². The monoisotopic (exact) mass is 804 g/mol. The number of carbonyl (C=O) groups is 4. The lowest BCUT2D eigenvalue weighted by atomic mass is 9.97. The van der Waals surface area contributed by atoms with Gasteiger partial charge in [0.25, 0.3) is 11.8 Å². The van der Waals surface area contributed by atoms with Gasteiger partial charge in [0.1, 0.15) is 5.69 Å². The van der Waals surface area contributed by atoms with Crippen LogP contribution in [0.15, 0.2) is 152 Å². The first kappa shape index (κ1) is 37.5. The van der Waals surface area contributed by atoms with E-state index in [0.29, 0.717) is 44.2 Å². The Morgan fingerprint density at radius 3 is 1.34 bits per heavy atom. The number of aromatic nitrogens is 6. The maximum Gasteiger partial charge on any atom is 0.276 e. The Bertz CT molecular complexity index is 2820. The van der Waals surface area contributed by atoms with Crippen LogP contribution in [0.1, 0.15) is 58.6 Å². The molecule has 2 amide bonds. The number of nitrogens with zero attached hydrogens (tertiary/aromatic N) is 6. The van der Waals surface area contributed by atoms with E-state index in [1.54, 1.807) is 134 Å². The summed E-state index contributed by atoms with van der Waals surface area (Å²) in [5.74, 6) is -2.80. The number of benzene rings is 5. The molecule has 5 aromatic carbocycles. The Kier molecular flexibility index (Phi) is 10.3. The molecule has 0 bridgehead atoms. The maximum atomic E-state index is 15.1. The second-order valence-corrected chi connectivity index (χ2v) is 13.9. The normalized spacial score (nSPS) is 10.9. The molecule has 58 heavy (non-hydrogen) atoms. The quantitative estimate of drug-likeness (QED) is 0.124. The van der Waals surface area contributed by atoms with Crippen LogP contribution in [0.25, 0.3) is 17.1 Å². The van der Waals surface area contributed by atoms with Gasteiger partial charge in [-0.1, -0.05) is 77.8 Å². The van der Waals surface area contributed by atoms with Crippen molar-refractivity contribution in [2.75, 3.05) is 10.6 Å². The van der Waals surface area contributed by atoms with Gasteiger partial charge < -0.3 is 10.6 Å². The number of anilines is 2. The number of hydrogen-bond donors (Lipinski definition) is 2. The van der Waals surface area contributed by atoms with E-state index in [2.05, 4.69) is 20.8 Å². The number of carbonyl (C=O) groups excluding carboxylic acids is 4. The molecule has 12 nitrogen and oxygen atoms in total. The first-order valence-corrected chi connectivity index (χ1v) is 18.6. The van der Waals surface area contributed by atoms with Crippen molar-refractivity contribution < 1.29 is 19.2 Å². The average molecular weight is 806 g/mol. The SMILES string of the molecule is Cc1c(C(=O)c2cn(-c3ccc(Cl)cc3)nc2C(=O)Nc2ccccc2)c(C(=O)c2cn(-c3ccc(Cl)cc3)nc2C(=O)Nc2ccccc2)nn1-c1ccccc1. The van der Waals surface area contributed by atoms with E-state index < -0.39 is 23.4 Å². The molecule has 0 saturated heterocycles. The molecule has 0 atom stereocenters. The molecule has 3 aromatic heterocycles. The van der Waals surface area contributed by atoms with E-state index in [1.165, 1.54) is 26.4 Å². The van der Waals surface area contributed by atoms with Crippen LogP contribution in [-0.4, -0.2) is 52.7 Å². The van der Waals surface area contributed by atoms with Crippen LogP contribution in [0.2, 0.25) is 10.0 Å². The van der Waals surface area contributed by atoms with Gasteiger partial charge in [-0.2, -0.15) is 15.3 Å². The summed E-state index contributed by atoms with van der Waals surface area (Å²) in [5, 5.41) is 20.4. The maximum absolute atomic E-state index is 15.1. The van der Waals surface area contributed by atoms with Crippen molar-refractivity contribution in [3.8, 4) is 17.1 Å². The van der Waals surface area contributed by atoms with Gasteiger partial charge in [0.2, 0.25) is 11.6 Å². The predicted octanol–water partition coefficient (Wildman–Crippen LogP) is 8.83. The highest BCUT2D eigenvalue weighted by atomic mass is 35.5. The van der Waals surface area contributed by atoms with E-state index in [9.17, 15) is 14.4 Å². The third-order valence-electron chi connectivity index (χ3n) is 9.15. The molecule has 0 spiro atoms. The number of para-hydroxylation sites is 3. The lowest BCUT2D eigenvalue weighted by Crippen LogP contribution is -2.19. The van der Waals surface area contributed by atoms with Gasteiger partial charge in [-0.3, -0.25) is 19.2 Å². The van der Waals surface area contributed by atoms with E-state index in [1.807, 2.05) is 12.1 Å². The van der Waals surface area contributed by atoms with Gasteiger partial charge in [-0.15, -0.1) is 0 Å². The van der Waals surface area contributed by atoms with Crippen LogP contribution in [0.3, 0.4) is 0 Å². The van der Waals surface area contributed by atoms with E-state index in [0.717, 1.165) is 0 Å². The minimum Gasteiger partial charge on any atom is -0.321 e. The molecule has 8 rings (SSSR count). The summed E-state index contributed by atoms with van der Waals surface area (Å²) in [4.78, 5) is 57.9. The molecule has 2 N–H and O–H groups in total. The molecular formula is C44H30Cl2N8O4. The van der Waals surface area contributed by atoms with E-state index in [4.69, 9.17) is 28.3 Å². The fraction of sp³-hybridized carbons (Fsp3) is 0.0227. The van der Waals surface area contributed by atoms with Crippen LogP contribution in [0, 0.1) is 6.92 Å². The van der Waals surface area contributed by atoms with Crippen LogP contribution in [-0.2, 0) is 0 Å². The molecule has 0 aliphatic heterocycles. The molecule has 8 aromatic rings. The molecule has 0 unspecified atom stereocenters. The minimum absolute atomic E-state index is 0.105. The molecule has 284 valence electrons. The van der Waals surface area contributed by atoms with Crippen LogP contribution < -0.4 is 10.6 Å². The largest absolute Gasteiger partial charge is 0.321 e. The summed E-state index contributed by atoms with van der Waals surface area (Å²) in [6.07, 6.45) is 2.84. The average Bonchev–Trinajstić information content (AvgIpc) is 3.98. The first-order valence-electron chi connectivity index (χ1n) is 17.8. The fourth-order valence-corrected chi connectivity index (χ4v) is 6.56. The lowest BCUT2D eigenvalue weighted by molar-refractivity contribution is 0.0981. The van der Waals surface area contributed by atoms with Crippen molar-refractivity contribution in [2.45, 2.75) is 6.92 Å². The highest BCUT2D eigenvalue weighted by molar-refractivity contribution is 6.31. The highest BCUT2D eigenvalue weighted by Crippen LogP contribution is 2.28. The molecule has 0 aliphatic rings. The number of hydrogen-bond acceptors (Lipinski definition) is 7. The van der Waals surface area contributed by atoms with Gasteiger partial charge >= 0.3 is 0 Å². The third kappa shape index (κ3) is 7.57. The fourth-order valence-electron chi connectivity index (χ4n) is 6.31. The summed E-state index contributed by atoms with van der Waals surface area (Å²) in [7, 11) is 0. The molecule has 0 aliphatic carbocycles. The molecule has 0 saturated carbocycles. The van der Waals surface area contributed by atoms with Crippen molar-refractivity contribution in [1.29, 1.82) is 0 Å². The van der Waals surface area contributed by atoms with Crippen molar-refractivity contribution >= 4 is 58.0 Å². The summed E-state index contributed by atoms with van der Waals surface area (Å²) in [5.41, 5.74) is 1.83. The minimum atomic E-state index is -0.764. The Hall–Kier alpha value is -7.41. The summed E-state index contributed by atoms with van der Waals surface area (Å²) in [6.45, 7) is 1.65.